The molecule has 1 aliphatic carbocycles. The molecule has 3 aromatic rings. The van der Waals surface area contributed by atoms with Crippen molar-refractivity contribution >= 4 is 28.9 Å². The first-order valence-electron chi connectivity index (χ1n) is 9.30. The number of nitrogens with zero attached hydrogens (tertiary/aromatic N) is 3. The Morgan fingerprint density at radius 1 is 1.17 bits per heavy atom. The molecule has 148 valence electrons. The van der Waals surface area contributed by atoms with Crippen molar-refractivity contribution in [3.8, 4) is 0 Å². The first-order valence-corrected chi connectivity index (χ1v) is 9.30. The molecule has 0 atom stereocenters. The molecule has 29 heavy (non-hydrogen) atoms. The first-order chi connectivity index (χ1) is 14.1. The highest BCUT2D eigenvalue weighted by Gasteiger charge is 2.11. The number of aromatic nitrogens is 2. The topological polar surface area (TPSA) is 71.3 Å². The summed E-state index contributed by atoms with van der Waals surface area (Å²) in [6.07, 6.45) is 10.5. The number of hydrogen-bond donors (Lipinski definition) is 1. The van der Waals surface area contributed by atoms with Crippen LogP contribution in [0, 0.1) is 6.92 Å². The van der Waals surface area contributed by atoms with E-state index in [0.29, 0.717) is 30.0 Å². The van der Waals surface area contributed by atoms with Crippen molar-refractivity contribution in [2.75, 3.05) is 19.0 Å². The van der Waals surface area contributed by atoms with E-state index in [1.807, 2.05) is 50.5 Å². The molecule has 0 radical (unpaired) electrons. The van der Waals surface area contributed by atoms with Crippen molar-refractivity contribution in [2.24, 2.45) is 0 Å². The highest BCUT2D eigenvalue weighted by molar-refractivity contribution is 5.73. The van der Waals surface area contributed by atoms with Crippen molar-refractivity contribution in [3.05, 3.63) is 84.1 Å². The molecule has 0 unspecified atom stereocenters. The zero-order chi connectivity index (χ0) is 20.6. The number of oxazole rings is 1. The third-order valence-corrected chi connectivity index (χ3v) is 4.33. The summed E-state index contributed by atoms with van der Waals surface area (Å²) in [6.45, 7) is 2.10. The molecule has 6 heteroatoms. The Bertz CT molecular complexity index is 1030. The molecule has 1 N–H and O–H groups in total. The average Bonchev–Trinajstić information content (AvgIpc) is 3.01. The zero-order valence-corrected chi connectivity index (χ0v) is 16.8. The highest BCUT2D eigenvalue weighted by atomic mass is 16.3. The van der Waals surface area contributed by atoms with E-state index in [0.717, 1.165) is 11.3 Å². The van der Waals surface area contributed by atoms with Gasteiger partial charge in [0.1, 0.15) is 0 Å². The molecule has 0 aliphatic heterocycles. The summed E-state index contributed by atoms with van der Waals surface area (Å²) in [7, 11) is 4.09. The Kier molecular flexibility index (Phi) is 6.58. The van der Waals surface area contributed by atoms with E-state index in [1.54, 1.807) is 6.20 Å². The average molecular weight is 388 g/mol. The van der Waals surface area contributed by atoms with Gasteiger partial charge < -0.3 is 14.6 Å². The van der Waals surface area contributed by atoms with E-state index in [2.05, 4.69) is 51.4 Å². The van der Waals surface area contributed by atoms with Crippen LogP contribution >= 0.6 is 0 Å². The summed E-state index contributed by atoms with van der Waals surface area (Å²) in [6, 6.07) is 12.1. The summed E-state index contributed by atoms with van der Waals surface area (Å²) in [5.41, 5.74) is 5.53. The summed E-state index contributed by atoms with van der Waals surface area (Å²) in [4.78, 5) is 21.0. The molecule has 0 saturated carbocycles. The molecular weight excluding hydrogens is 364 g/mol. The Balaban J connectivity index is 0.000000204. The van der Waals surface area contributed by atoms with Crippen LogP contribution in [0.3, 0.4) is 0 Å². The van der Waals surface area contributed by atoms with Crippen LogP contribution in [0.2, 0.25) is 0 Å². The fraction of sp³-hybridized carbons (Fsp3) is 0.174. The second-order valence-electron chi connectivity index (χ2n) is 6.75. The summed E-state index contributed by atoms with van der Waals surface area (Å²) < 4.78 is 5.66. The molecule has 0 bridgehead atoms. The van der Waals surface area contributed by atoms with Gasteiger partial charge in [-0.25, -0.2) is 4.98 Å². The van der Waals surface area contributed by atoms with Gasteiger partial charge in [-0.05, 0) is 43.7 Å². The van der Waals surface area contributed by atoms with Crippen molar-refractivity contribution in [1.29, 1.82) is 0 Å². The molecule has 0 fully saturated rings. The van der Waals surface area contributed by atoms with Crippen LogP contribution in [0.1, 0.15) is 17.9 Å². The number of allylic oxidation sites excluding steroid dienone is 5. The molecule has 2 aromatic heterocycles. The lowest BCUT2D eigenvalue weighted by atomic mass is 10.2. The van der Waals surface area contributed by atoms with Gasteiger partial charge in [-0.2, -0.15) is 4.98 Å². The van der Waals surface area contributed by atoms with E-state index in [4.69, 9.17) is 4.42 Å². The van der Waals surface area contributed by atoms with Crippen LogP contribution < -0.4 is 10.2 Å². The Morgan fingerprint density at radius 3 is 2.66 bits per heavy atom. The number of anilines is 1. The monoisotopic (exact) mass is 388 g/mol. The predicted molar refractivity (Wildman–Crippen MR) is 116 cm³/mol. The fourth-order valence-corrected chi connectivity index (χ4v) is 2.71. The number of pyridine rings is 1. The van der Waals surface area contributed by atoms with Crippen LogP contribution in [-0.4, -0.2) is 30.5 Å². The lowest BCUT2D eigenvalue weighted by molar-refractivity contribution is -0.108. The van der Waals surface area contributed by atoms with Crippen LogP contribution in [0.15, 0.2) is 77.0 Å². The molecule has 0 saturated heterocycles. The second-order valence-corrected chi connectivity index (χ2v) is 6.75. The Morgan fingerprint density at radius 2 is 1.97 bits per heavy atom. The van der Waals surface area contributed by atoms with Crippen LogP contribution in [0.5, 0.6) is 0 Å². The maximum atomic E-state index is 10.4. The van der Waals surface area contributed by atoms with Crippen molar-refractivity contribution in [3.63, 3.8) is 0 Å². The molecule has 6 nitrogen and oxygen atoms in total. The van der Waals surface area contributed by atoms with Gasteiger partial charge in [0.2, 0.25) is 12.3 Å². The quantitative estimate of drug-likeness (QED) is 0.676. The van der Waals surface area contributed by atoms with Gasteiger partial charge in [0.25, 0.3) is 0 Å². The zero-order valence-electron chi connectivity index (χ0n) is 16.8. The minimum Gasteiger partial charge on any atom is -0.435 e. The van der Waals surface area contributed by atoms with Gasteiger partial charge in [-0.1, -0.05) is 35.9 Å². The van der Waals surface area contributed by atoms with Gasteiger partial charge in [-0.3, -0.25) is 4.79 Å². The molecule has 1 aromatic carbocycles. The lowest BCUT2D eigenvalue weighted by Gasteiger charge is -2.11. The van der Waals surface area contributed by atoms with Gasteiger partial charge in [0.05, 0.1) is 0 Å². The number of hydrogen-bond acceptors (Lipinski definition) is 5. The third-order valence-electron chi connectivity index (χ3n) is 4.33. The van der Waals surface area contributed by atoms with E-state index >= 15 is 0 Å². The molecule has 1 aliphatic rings. The van der Waals surface area contributed by atoms with E-state index < -0.39 is 0 Å². The summed E-state index contributed by atoms with van der Waals surface area (Å²) in [5.74, 6) is 0.557. The Labute approximate surface area is 170 Å². The van der Waals surface area contributed by atoms with Crippen molar-refractivity contribution in [1.82, 2.24) is 15.3 Å². The summed E-state index contributed by atoms with van der Waals surface area (Å²) >= 11 is 0. The molecule has 0 spiro atoms. The number of carbonyl (C=O) groups excluding carboxylic acids is 1. The van der Waals surface area contributed by atoms with E-state index in [1.165, 1.54) is 11.3 Å². The van der Waals surface area contributed by atoms with E-state index in [-0.39, 0.29) is 0 Å². The number of nitrogens with one attached hydrogen (secondary N) is 1. The van der Waals surface area contributed by atoms with Gasteiger partial charge in [0, 0.05) is 37.2 Å². The second kappa shape index (κ2) is 9.50. The SMILES string of the molecule is Cc1ccc(N(C)C)cc1.O=CNC1=CCC(c2nc3ncccc3o2)=CC=C1. The maximum absolute atomic E-state index is 10.4. The standard InChI is InChI=1S/C14H11N3O2.C9H13N/c18-9-16-11-4-1-3-10(6-7-11)14-17-13-12(19-14)5-2-8-15-13;1-8-4-6-9(7-5-8)10(2)3/h1-5,7-9H,6H2,(H,16,18);4-7H,1-3H3. The van der Waals surface area contributed by atoms with Crippen LogP contribution in [0.4, 0.5) is 5.69 Å². The fourth-order valence-electron chi connectivity index (χ4n) is 2.71. The lowest BCUT2D eigenvalue weighted by Crippen LogP contribution is -2.07. The minimum atomic E-state index is 0.557. The number of fused-ring (bicyclic) bond motifs is 1. The smallest absolute Gasteiger partial charge is 0.225 e. The van der Waals surface area contributed by atoms with Crippen LogP contribution in [0.25, 0.3) is 16.8 Å². The molecule has 4 rings (SSSR count). The van der Waals surface area contributed by atoms with Crippen molar-refractivity contribution < 1.29 is 9.21 Å². The number of benzene rings is 1. The largest absolute Gasteiger partial charge is 0.435 e. The number of amides is 1. The third kappa shape index (κ3) is 5.42. The van der Waals surface area contributed by atoms with Gasteiger partial charge in [-0.15, -0.1) is 0 Å². The van der Waals surface area contributed by atoms with E-state index in [9.17, 15) is 4.79 Å². The number of aryl methyl sites for hydroxylation is 1. The predicted octanol–water partition coefficient (Wildman–Crippen LogP) is 4.26. The summed E-state index contributed by atoms with van der Waals surface area (Å²) in [5, 5.41) is 2.62. The highest BCUT2D eigenvalue weighted by Crippen LogP contribution is 2.24. The minimum absolute atomic E-state index is 0.557. The molecular formula is C23H24N4O2. The molecule has 1 amide bonds. The molecule has 2 heterocycles. The number of carbonyl (C=O) groups is 1. The maximum Gasteiger partial charge on any atom is 0.225 e. The first kappa shape index (κ1) is 20.1. The van der Waals surface area contributed by atoms with Gasteiger partial charge in [0.15, 0.2) is 11.2 Å². The van der Waals surface area contributed by atoms with Gasteiger partial charge >= 0.3 is 0 Å². The van der Waals surface area contributed by atoms with Crippen LogP contribution in [-0.2, 0) is 4.79 Å². The Hall–Kier alpha value is -3.67. The van der Waals surface area contributed by atoms with Crippen molar-refractivity contribution in [2.45, 2.75) is 13.3 Å². The normalized spacial score (nSPS) is 12.9. The number of rotatable bonds is 4.